The number of carbonyl (C=O) groups excluding carboxylic acids is 1. The van der Waals surface area contributed by atoms with Gasteiger partial charge in [-0.25, -0.2) is 22.9 Å². The van der Waals surface area contributed by atoms with Crippen molar-refractivity contribution in [3.63, 3.8) is 0 Å². The predicted molar refractivity (Wildman–Crippen MR) is 97.2 cm³/mol. The third kappa shape index (κ3) is 4.09. The van der Waals surface area contributed by atoms with Crippen molar-refractivity contribution in [2.45, 2.75) is 19.2 Å². The van der Waals surface area contributed by atoms with Crippen LogP contribution in [0.1, 0.15) is 27.3 Å². The first-order chi connectivity index (χ1) is 12.4. The number of ether oxygens (including phenoxy) is 1. The number of imidazole rings is 1. The number of pyridine rings is 1. The molecule has 1 aromatic carbocycles. The van der Waals surface area contributed by atoms with Gasteiger partial charge in [0.1, 0.15) is 5.65 Å². The Bertz CT molecular complexity index is 1060. The molecule has 0 aliphatic carbocycles. The SMILES string of the molecule is COC(=O)c1cccc(CS(=O)(=O)NCc2cn3c(C)cccc3n2)c1. The van der Waals surface area contributed by atoms with Gasteiger partial charge in [0.2, 0.25) is 10.0 Å². The molecular formula is C18H19N3O4S. The molecule has 0 radical (unpaired) electrons. The lowest BCUT2D eigenvalue weighted by molar-refractivity contribution is 0.0600. The van der Waals surface area contributed by atoms with Crippen LogP contribution < -0.4 is 4.72 Å². The Hall–Kier alpha value is -2.71. The van der Waals surface area contributed by atoms with Crippen molar-refractivity contribution in [2.24, 2.45) is 0 Å². The number of methoxy groups -OCH3 is 1. The number of benzene rings is 1. The van der Waals surface area contributed by atoms with Gasteiger partial charge in [-0.2, -0.15) is 0 Å². The molecular weight excluding hydrogens is 354 g/mol. The van der Waals surface area contributed by atoms with E-state index < -0.39 is 16.0 Å². The second-order valence-corrected chi connectivity index (χ2v) is 7.71. The molecule has 0 saturated carbocycles. The summed E-state index contributed by atoms with van der Waals surface area (Å²) in [6.45, 7) is 2.05. The van der Waals surface area contributed by atoms with E-state index in [1.807, 2.05) is 35.7 Å². The fourth-order valence-electron chi connectivity index (χ4n) is 2.64. The molecule has 0 fully saturated rings. The van der Waals surface area contributed by atoms with Gasteiger partial charge in [0.05, 0.1) is 30.7 Å². The number of carbonyl (C=O) groups is 1. The number of esters is 1. The van der Waals surface area contributed by atoms with Gasteiger partial charge in [0, 0.05) is 11.9 Å². The van der Waals surface area contributed by atoms with Crippen molar-refractivity contribution in [3.8, 4) is 0 Å². The molecule has 0 spiro atoms. The molecule has 2 heterocycles. The highest BCUT2D eigenvalue weighted by molar-refractivity contribution is 7.88. The number of aromatic nitrogens is 2. The summed E-state index contributed by atoms with van der Waals surface area (Å²) < 4.78 is 33.8. The summed E-state index contributed by atoms with van der Waals surface area (Å²) in [5.41, 5.74) is 3.24. The van der Waals surface area contributed by atoms with Crippen LogP contribution in [0.3, 0.4) is 0 Å². The van der Waals surface area contributed by atoms with E-state index in [1.54, 1.807) is 18.2 Å². The van der Waals surface area contributed by atoms with Crippen LogP contribution in [0.4, 0.5) is 0 Å². The van der Waals surface area contributed by atoms with Crippen molar-refractivity contribution < 1.29 is 17.9 Å². The summed E-state index contributed by atoms with van der Waals surface area (Å²) >= 11 is 0. The second kappa shape index (κ2) is 7.27. The Labute approximate surface area is 151 Å². The van der Waals surface area contributed by atoms with Crippen LogP contribution in [-0.4, -0.2) is 30.9 Å². The largest absolute Gasteiger partial charge is 0.465 e. The van der Waals surface area contributed by atoms with E-state index in [-0.39, 0.29) is 12.3 Å². The quantitative estimate of drug-likeness (QED) is 0.668. The average molecular weight is 373 g/mol. The zero-order chi connectivity index (χ0) is 18.7. The third-order valence-electron chi connectivity index (χ3n) is 3.92. The third-order valence-corrected chi connectivity index (χ3v) is 5.22. The van der Waals surface area contributed by atoms with Crippen LogP contribution in [-0.2, 0) is 27.1 Å². The first-order valence-corrected chi connectivity index (χ1v) is 9.61. The minimum atomic E-state index is -3.58. The molecule has 0 bridgehead atoms. The maximum absolute atomic E-state index is 12.3. The lowest BCUT2D eigenvalue weighted by Gasteiger charge is -2.07. The summed E-state index contributed by atoms with van der Waals surface area (Å²) in [4.78, 5) is 16.0. The van der Waals surface area contributed by atoms with Crippen molar-refractivity contribution in [1.82, 2.24) is 14.1 Å². The Morgan fingerprint density at radius 1 is 1.23 bits per heavy atom. The van der Waals surface area contributed by atoms with E-state index in [0.717, 1.165) is 11.3 Å². The van der Waals surface area contributed by atoms with Crippen molar-refractivity contribution in [3.05, 3.63) is 71.2 Å². The number of hydrogen-bond donors (Lipinski definition) is 1. The van der Waals surface area contributed by atoms with E-state index in [2.05, 4.69) is 14.4 Å². The zero-order valence-corrected chi connectivity index (χ0v) is 15.3. The van der Waals surface area contributed by atoms with Crippen LogP contribution >= 0.6 is 0 Å². The molecule has 0 aliphatic rings. The number of aryl methyl sites for hydroxylation is 1. The Morgan fingerprint density at radius 3 is 2.73 bits per heavy atom. The van der Waals surface area contributed by atoms with E-state index in [4.69, 9.17) is 0 Å². The van der Waals surface area contributed by atoms with Gasteiger partial charge in [-0.3, -0.25) is 0 Å². The van der Waals surface area contributed by atoms with E-state index in [0.29, 0.717) is 16.8 Å². The zero-order valence-electron chi connectivity index (χ0n) is 14.5. The maximum atomic E-state index is 12.3. The van der Waals surface area contributed by atoms with Gasteiger partial charge in [0.15, 0.2) is 0 Å². The molecule has 26 heavy (non-hydrogen) atoms. The normalized spacial score (nSPS) is 11.6. The highest BCUT2D eigenvalue weighted by Crippen LogP contribution is 2.11. The molecule has 7 nitrogen and oxygen atoms in total. The Balaban J connectivity index is 1.70. The molecule has 3 aromatic rings. The Kier molecular flexibility index (Phi) is 5.06. The molecule has 0 saturated heterocycles. The summed E-state index contributed by atoms with van der Waals surface area (Å²) in [5, 5.41) is 0. The second-order valence-electron chi connectivity index (χ2n) is 5.90. The molecule has 0 aliphatic heterocycles. The number of nitrogens with zero attached hydrogens (tertiary/aromatic N) is 2. The number of nitrogens with one attached hydrogen (secondary N) is 1. The molecule has 8 heteroatoms. The smallest absolute Gasteiger partial charge is 0.337 e. The predicted octanol–water partition coefficient (Wildman–Crippen LogP) is 2.05. The first-order valence-electron chi connectivity index (χ1n) is 7.96. The topological polar surface area (TPSA) is 89.8 Å². The molecule has 1 N–H and O–H groups in total. The van der Waals surface area contributed by atoms with Gasteiger partial charge in [-0.1, -0.05) is 18.2 Å². The molecule has 0 unspecified atom stereocenters. The minimum Gasteiger partial charge on any atom is -0.465 e. The van der Waals surface area contributed by atoms with Crippen LogP contribution in [0.15, 0.2) is 48.7 Å². The number of rotatable bonds is 6. The minimum absolute atomic E-state index is 0.0974. The van der Waals surface area contributed by atoms with E-state index >= 15 is 0 Å². The van der Waals surface area contributed by atoms with Crippen molar-refractivity contribution in [1.29, 1.82) is 0 Å². The molecule has 0 atom stereocenters. The summed E-state index contributed by atoms with van der Waals surface area (Å²) in [6.07, 6.45) is 1.81. The highest BCUT2D eigenvalue weighted by Gasteiger charge is 2.14. The van der Waals surface area contributed by atoms with Gasteiger partial charge in [0.25, 0.3) is 0 Å². The lowest BCUT2D eigenvalue weighted by Crippen LogP contribution is -2.25. The summed E-state index contributed by atoms with van der Waals surface area (Å²) in [5.74, 6) is -0.734. The van der Waals surface area contributed by atoms with Crippen molar-refractivity contribution in [2.75, 3.05) is 7.11 Å². The van der Waals surface area contributed by atoms with Gasteiger partial charge in [-0.05, 0) is 36.8 Å². The fraction of sp³-hybridized carbons (Fsp3) is 0.222. The van der Waals surface area contributed by atoms with Crippen LogP contribution in [0.2, 0.25) is 0 Å². The standard InChI is InChI=1S/C18H19N3O4S/c1-13-5-3-8-17-20-16(11-21(13)17)10-19-26(23,24)12-14-6-4-7-15(9-14)18(22)25-2/h3-9,11,19H,10,12H2,1-2H3. The van der Waals surface area contributed by atoms with Crippen LogP contribution in [0.25, 0.3) is 5.65 Å². The monoisotopic (exact) mass is 373 g/mol. The average Bonchev–Trinajstić information content (AvgIpc) is 3.04. The fourth-order valence-corrected chi connectivity index (χ4v) is 3.73. The van der Waals surface area contributed by atoms with Gasteiger partial charge >= 0.3 is 5.97 Å². The van der Waals surface area contributed by atoms with E-state index in [1.165, 1.54) is 13.2 Å². The maximum Gasteiger partial charge on any atom is 0.337 e. The van der Waals surface area contributed by atoms with Crippen molar-refractivity contribution >= 4 is 21.6 Å². The highest BCUT2D eigenvalue weighted by atomic mass is 32.2. The Morgan fingerprint density at radius 2 is 2.00 bits per heavy atom. The van der Waals surface area contributed by atoms with Crippen LogP contribution in [0, 0.1) is 6.92 Å². The van der Waals surface area contributed by atoms with Gasteiger partial charge < -0.3 is 9.14 Å². The van der Waals surface area contributed by atoms with E-state index in [9.17, 15) is 13.2 Å². The van der Waals surface area contributed by atoms with Crippen LogP contribution in [0.5, 0.6) is 0 Å². The number of hydrogen-bond acceptors (Lipinski definition) is 5. The number of sulfonamides is 1. The lowest BCUT2D eigenvalue weighted by atomic mass is 10.1. The molecule has 3 rings (SSSR count). The molecule has 0 amide bonds. The molecule has 2 aromatic heterocycles. The summed E-state index contributed by atoms with van der Waals surface area (Å²) in [6, 6.07) is 12.1. The first kappa shape index (κ1) is 18.1. The number of fused-ring (bicyclic) bond motifs is 1. The molecule has 136 valence electrons. The summed E-state index contributed by atoms with van der Waals surface area (Å²) in [7, 11) is -2.30. The van der Waals surface area contributed by atoms with Gasteiger partial charge in [-0.15, -0.1) is 0 Å².